The Balaban J connectivity index is 2.04. The number of hydrogen-bond donors (Lipinski definition) is 2. The first-order chi connectivity index (χ1) is 8.25. The fraction of sp³-hybridized carbons (Fsp3) is 0.143. The lowest BCUT2D eigenvalue weighted by Crippen LogP contribution is -2.12. The molecule has 3 rings (SSSR count). The van der Waals surface area contributed by atoms with Gasteiger partial charge in [-0.15, -0.1) is 0 Å². The molecule has 0 saturated heterocycles. The number of fused-ring (bicyclic) bond motifs is 1. The Morgan fingerprint density at radius 3 is 2.65 bits per heavy atom. The van der Waals surface area contributed by atoms with Crippen LogP contribution in [0.25, 0.3) is 0 Å². The van der Waals surface area contributed by atoms with Gasteiger partial charge in [-0.25, -0.2) is 0 Å². The molecule has 2 N–H and O–H groups in total. The van der Waals surface area contributed by atoms with E-state index in [-0.39, 0.29) is 11.8 Å². The van der Waals surface area contributed by atoms with E-state index in [0.717, 1.165) is 17.1 Å². The van der Waals surface area contributed by atoms with Gasteiger partial charge in [-0.2, -0.15) is 0 Å². The number of hydrogen-bond acceptors (Lipinski definition) is 2. The van der Waals surface area contributed by atoms with Gasteiger partial charge in [0.1, 0.15) is 5.75 Å². The van der Waals surface area contributed by atoms with Gasteiger partial charge >= 0.3 is 0 Å². The maximum atomic E-state index is 9.30. The van der Waals surface area contributed by atoms with E-state index in [1.807, 2.05) is 24.3 Å². The quantitative estimate of drug-likeness (QED) is 0.809. The summed E-state index contributed by atoms with van der Waals surface area (Å²) >= 11 is 6.17. The first-order valence-corrected chi connectivity index (χ1v) is 5.93. The zero-order valence-corrected chi connectivity index (χ0v) is 9.91. The summed E-state index contributed by atoms with van der Waals surface area (Å²) in [4.78, 5) is 0. The number of phenols is 1. The Hall–Kier alpha value is -1.51. The van der Waals surface area contributed by atoms with Gasteiger partial charge in [0.05, 0.1) is 6.04 Å². The van der Waals surface area contributed by atoms with Gasteiger partial charge in [0.2, 0.25) is 0 Å². The topological polar surface area (TPSA) is 32.3 Å². The summed E-state index contributed by atoms with van der Waals surface area (Å²) in [7, 11) is 0. The number of benzene rings is 2. The maximum absolute atomic E-state index is 9.30. The van der Waals surface area contributed by atoms with E-state index >= 15 is 0 Å². The number of rotatable bonds is 1. The molecule has 17 heavy (non-hydrogen) atoms. The fourth-order valence-corrected chi connectivity index (χ4v) is 2.56. The molecule has 0 aromatic heterocycles. The third-order valence-electron chi connectivity index (χ3n) is 3.18. The van der Waals surface area contributed by atoms with Crippen molar-refractivity contribution in [3.8, 4) is 5.75 Å². The lowest BCUT2D eigenvalue weighted by Gasteiger charge is -2.12. The largest absolute Gasteiger partial charge is 0.508 e. The average molecular weight is 246 g/mol. The van der Waals surface area contributed by atoms with Crippen molar-refractivity contribution in [2.45, 2.75) is 12.6 Å². The highest BCUT2D eigenvalue weighted by Gasteiger charge is 2.24. The van der Waals surface area contributed by atoms with Crippen LogP contribution in [-0.4, -0.2) is 5.11 Å². The van der Waals surface area contributed by atoms with E-state index in [1.165, 1.54) is 11.1 Å². The SMILES string of the molecule is Oc1ccc(C2NCc3c(Cl)cccc32)cc1. The van der Waals surface area contributed by atoms with Crippen molar-refractivity contribution in [2.75, 3.05) is 0 Å². The van der Waals surface area contributed by atoms with E-state index in [1.54, 1.807) is 12.1 Å². The summed E-state index contributed by atoms with van der Waals surface area (Å²) in [5.41, 5.74) is 3.54. The van der Waals surface area contributed by atoms with Gasteiger partial charge < -0.3 is 10.4 Å². The molecule has 0 fully saturated rings. The van der Waals surface area contributed by atoms with E-state index in [2.05, 4.69) is 11.4 Å². The molecule has 1 aliphatic rings. The number of aromatic hydroxyl groups is 1. The predicted molar refractivity (Wildman–Crippen MR) is 68.2 cm³/mol. The average Bonchev–Trinajstić information content (AvgIpc) is 2.75. The van der Waals surface area contributed by atoms with Crippen LogP contribution in [0, 0.1) is 0 Å². The number of phenolic OH excluding ortho intramolecular Hbond substituents is 1. The first kappa shape index (κ1) is 10.6. The van der Waals surface area contributed by atoms with Crippen LogP contribution >= 0.6 is 11.6 Å². The minimum atomic E-state index is 0.171. The summed E-state index contributed by atoms with van der Waals surface area (Å²) in [5, 5.41) is 13.5. The van der Waals surface area contributed by atoms with E-state index < -0.39 is 0 Å². The molecule has 2 aromatic carbocycles. The third-order valence-corrected chi connectivity index (χ3v) is 3.53. The van der Waals surface area contributed by atoms with Crippen molar-refractivity contribution in [2.24, 2.45) is 0 Å². The molecule has 3 heteroatoms. The molecule has 1 atom stereocenters. The molecule has 0 spiro atoms. The summed E-state index contributed by atoms with van der Waals surface area (Å²) in [5.74, 6) is 0.290. The monoisotopic (exact) mass is 245 g/mol. The lowest BCUT2D eigenvalue weighted by molar-refractivity contribution is 0.475. The van der Waals surface area contributed by atoms with Crippen LogP contribution in [0.15, 0.2) is 42.5 Å². The minimum absolute atomic E-state index is 0.171. The normalized spacial score (nSPS) is 18.1. The molecule has 1 unspecified atom stereocenters. The molecule has 2 nitrogen and oxygen atoms in total. The Morgan fingerprint density at radius 1 is 1.12 bits per heavy atom. The van der Waals surface area contributed by atoms with Crippen LogP contribution in [0.3, 0.4) is 0 Å². The van der Waals surface area contributed by atoms with Crippen LogP contribution in [0.2, 0.25) is 5.02 Å². The van der Waals surface area contributed by atoms with Gasteiger partial charge in [0.25, 0.3) is 0 Å². The summed E-state index contributed by atoms with van der Waals surface area (Å²) in [6, 6.07) is 13.4. The van der Waals surface area contributed by atoms with E-state index in [4.69, 9.17) is 11.6 Å². The van der Waals surface area contributed by atoms with E-state index in [0.29, 0.717) is 0 Å². The number of halogens is 1. The summed E-state index contributed by atoms with van der Waals surface area (Å²) < 4.78 is 0. The Labute approximate surface area is 105 Å². The second kappa shape index (κ2) is 4.06. The first-order valence-electron chi connectivity index (χ1n) is 5.55. The highest BCUT2D eigenvalue weighted by atomic mass is 35.5. The van der Waals surface area contributed by atoms with Crippen molar-refractivity contribution >= 4 is 11.6 Å². The molecular formula is C14H12ClNO. The molecular weight excluding hydrogens is 234 g/mol. The van der Waals surface area contributed by atoms with E-state index in [9.17, 15) is 5.11 Å². The van der Waals surface area contributed by atoms with Gasteiger partial charge in [-0.05, 0) is 34.9 Å². The van der Waals surface area contributed by atoms with Crippen molar-refractivity contribution in [3.05, 3.63) is 64.2 Å². The Morgan fingerprint density at radius 2 is 1.88 bits per heavy atom. The van der Waals surface area contributed by atoms with Crippen LogP contribution < -0.4 is 5.32 Å². The van der Waals surface area contributed by atoms with Crippen molar-refractivity contribution in [3.63, 3.8) is 0 Å². The van der Waals surface area contributed by atoms with Gasteiger partial charge in [0.15, 0.2) is 0 Å². The fourth-order valence-electron chi connectivity index (χ4n) is 2.31. The number of nitrogens with one attached hydrogen (secondary N) is 1. The molecule has 0 amide bonds. The molecule has 2 aromatic rings. The molecule has 1 aliphatic heterocycles. The highest BCUT2D eigenvalue weighted by Crippen LogP contribution is 2.34. The Bertz CT molecular complexity index is 551. The van der Waals surface area contributed by atoms with Crippen molar-refractivity contribution in [1.29, 1.82) is 0 Å². The van der Waals surface area contributed by atoms with Gasteiger partial charge in [-0.3, -0.25) is 0 Å². The second-order valence-electron chi connectivity index (χ2n) is 4.21. The molecule has 86 valence electrons. The Kier molecular flexibility index (Phi) is 2.54. The van der Waals surface area contributed by atoms with Crippen LogP contribution in [0.1, 0.15) is 22.7 Å². The third kappa shape index (κ3) is 1.79. The van der Waals surface area contributed by atoms with Crippen LogP contribution in [0.4, 0.5) is 0 Å². The molecule has 0 bridgehead atoms. The minimum Gasteiger partial charge on any atom is -0.508 e. The van der Waals surface area contributed by atoms with Crippen LogP contribution in [-0.2, 0) is 6.54 Å². The predicted octanol–water partition coefficient (Wildman–Crippen LogP) is 3.24. The zero-order chi connectivity index (χ0) is 11.8. The standard InChI is InChI=1S/C14H12ClNO/c15-13-3-1-2-11-12(13)8-16-14(11)9-4-6-10(17)7-5-9/h1-7,14,16-17H,8H2. The van der Waals surface area contributed by atoms with Gasteiger partial charge in [-0.1, -0.05) is 35.9 Å². The molecule has 1 heterocycles. The molecule has 0 radical (unpaired) electrons. The molecule has 0 saturated carbocycles. The second-order valence-corrected chi connectivity index (χ2v) is 4.62. The lowest BCUT2D eigenvalue weighted by atomic mass is 9.98. The highest BCUT2D eigenvalue weighted by molar-refractivity contribution is 6.31. The van der Waals surface area contributed by atoms with Crippen molar-refractivity contribution in [1.82, 2.24) is 5.32 Å². The summed E-state index contributed by atoms with van der Waals surface area (Å²) in [6.45, 7) is 0.792. The molecule has 0 aliphatic carbocycles. The smallest absolute Gasteiger partial charge is 0.115 e. The van der Waals surface area contributed by atoms with Crippen molar-refractivity contribution < 1.29 is 5.11 Å². The summed E-state index contributed by atoms with van der Waals surface area (Å²) in [6.07, 6.45) is 0. The maximum Gasteiger partial charge on any atom is 0.115 e. The van der Waals surface area contributed by atoms with Gasteiger partial charge in [0, 0.05) is 11.6 Å². The van der Waals surface area contributed by atoms with Crippen LogP contribution in [0.5, 0.6) is 5.75 Å². The zero-order valence-electron chi connectivity index (χ0n) is 9.15.